The van der Waals surface area contributed by atoms with E-state index in [4.69, 9.17) is 0 Å². The SMILES string of the molecule is CCCCCCCCCCCCc1ccsc1-c1sc(-c2sc(-c3cc(CCCCCCCCCCCC)c(-c4sc(-c5s[c]([Sn]([CH2]CCC)([CH2]CCC)[CH2]CCC)cc5CCCCCCCCCCCC)c5c4N4[Si](C)(C)CC[Si](C)(C)N5[Si](C)(C)CC[Si]4(C)C)s3)cc2CCCCCCCCCCCC)c2c1N1[Si](C)(C)CC[Si](C)(C)N2[Si](C)(C)CC[Si]1(C)C. The van der Waals surface area contributed by atoms with Gasteiger partial charge in [-0.15, -0.1) is 22.7 Å². The topological polar surface area (TPSA) is 13.0 Å². The summed E-state index contributed by atoms with van der Waals surface area (Å²) in [6.07, 6.45) is 68.9. The molecule has 10 rings (SSSR count). The van der Waals surface area contributed by atoms with E-state index >= 15 is 0 Å². The van der Waals surface area contributed by atoms with Crippen molar-refractivity contribution in [3.63, 3.8) is 0 Å². The van der Waals surface area contributed by atoms with Crippen LogP contribution in [-0.4, -0.2) is 84.3 Å². The maximum absolute atomic E-state index is 3.50. The van der Waals surface area contributed by atoms with Crippen LogP contribution >= 0.6 is 68.0 Å². The van der Waals surface area contributed by atoms with E-state index in [2.05, 4.69) is 268 Å². The summed E-state index contributed by atoms with van der Waals surface area (Å²) in [6.45, 7) is 63.4. The van der Waals surface area contributed by atoms with Gasteiger partial charge in [-0.3, -0.25) is 0 Å². The van der Waals surface area contributed by atoms with Gasteiger partial charge in [-0.1, -0.05) is 253 Å². The third kappa shape index (κ3) is 28.8. The van der Waals surface area contributed by atoms with Crippen molar-refractivity contribution in [3.05, 3.63) is 51.9 Å². The van der Waals surface area contributed by atoms with Gasteiger partial charge in [-0.2, -0.15) is 0 Å². The van der Waals surface area contributed by atoms with Crippen molar-refractivity contribution in [1.82, 2.24) is 0 Å². The molecule has 0 aromatic carbocycles. The van der Waals surface area contributed by atoms with Crippen LogP contribution in [0.3, 0.4) is 0 Å². The molecule has 0 aliphatic carbocycles. The van der Waals surface area contributed by atoms with Crippen molar-refractivity contribution >= 4 is 178 Å². The molecule has 4 bridgehead atoms. The molecule has 0 radical (unpaired) electrons. The number of aryl methyl sites for hydroxylation is 4. The minimum atomic E-state index is -2.96. The molecule has 0 unspecified atom stereocenters. The predicted octanol–water partition coefficient (Wildman–Crippen LogP) is 41.2. The molecule has 6 aromatic rings. The first kappa shape index (κ1) is 109. The van der Waals surface area contributed by atoms with Crippen LogP contribution < -0.4 is 19.8 Å². The van der Waals surface area contributed by atoms with E-state index in [1.165, 1.54) is 369 Å². The number of hydrogen-bond acceptors (Lipinski definition) is 10. The van der Waals surface area contributed by atoms with Crippen LogP contribution in [0, 0.1) is 0 Å². The first-order valence-corrected chi connectivity index (χ1v) is 92.4. The van der Waals surface area contributed by atoms with Crippen LogP contribution in [0.2, 0.25) is 166 Å². The molecule has 19 heteroatoms. The van der Waals surface area contributed by atoms with Crippen molar-refractivity contribution in [1.29, 1.82) is 0 Å². The van der Waals surface area contributed by atoms with Crippen LogP contribution in [0.15, 0.2) is 29.6 Å². The normalized spacial score (nSPS) is 18.0. The third-order valence-electron chi connectivity index (χ3n) is 31.8. The number of nitrogens with zero attached hydrogens (tertiary/aromatic N) is 4. The Morgan fingerprint density at radius 2 is 0.441 bits per heavy atom. The fourth-order valence-corrected chi connectivity index (χ4v) is 109. The van der Waals surface area contributed by atoms with Gasteiger partial charge in [-0.05, 0) is 66.9 Å². The molecule has 4 nitrogen and oxygen atoms in total. The monoisotopic (exact) mass is 2090 g/mol. The molecular formula is C108H196N4S6Si8Sn. The average molecular weight is 2090 g/mol. The van der Waals surface area contributed by atoms with Gasteiger partial charge >= 0.3 is 421 Å². The van der Waals surface area contributed by atoms with Gasteiger partial charge in [0, 0.05) is 4.88 Å². The maximum atomic E-state index is 3.50. The van der Waals surface area contributed by atoms with E-state index in [0.717, 1.165) is 0 Å². The molecule has 720 valence electrons. The molecule has 0 fully saturated rings. The minimum Gasteiger partial charge on any atom is -0.421 e. The number of unbranched alkanes of at least 4 members (excludes halogenated alkanes) is 39. The van der Waals surface area contributed by atoms with Crippen molar-refractivity contribution in [2.24, 2.45) is 0 Å². The molecular weight excluding hydrogens is 1890 g/mol. The summed E-state index contributed by atoms with van der Waals surface area (Å²) in [7, 11) is -16.4. The predicted molar refractivity (Wildman–Crippen MR) is 616 cm³/mol. The van der Waals surface area contributed by atoms with Gasteiger partial charge < -0.3 is 8.46 Å². The van der Waals surface area contributed by atoms with Gasteiger partial charge in [-0.25, -0.2) is 0 Å². The molecule has 0 atom stereocenters. The molecule has 127 heavy (non-hydrogen) atoms. The Hall–Kier alpha value is -0.0662. The summed E-state index contributed by atoms with van der Waals surface area (Å²) in [6, 6.07) is 23.0. The standard InChI is InChI=1S/C96H169N4S6Si8.3C4H9.Sn/c1-21-25-29-33-37-41-45-49-53-57-61-79-65-67-101-89(79)93-85-87(99-111(13,14)73-69-107(5,6)97(85)108(7,8)70-74-112(99,15)16)95(105-93)91-81(63-59-55-51-47-43-39-35-31-27-23-3)77-83(103-91)84-78-82(64-60-56-52-48-44-40-36-32-28-24-4)92(104-84)96-88-86(98-109(9,10)71-75-113(17,18)100(88)114(19,20)76-72-110(98,11)12)94(106-96)90-80(66-68-102-90)62-58-54-50-46-42-38-34-30-26-22-2;3*1-3-4-2;/h65-67,77-78H,21-64,69-76H2,1-20H3;3*1,3-4H2,2H3;. The Bertz CT molecular complexity index is 4120. The molecule has 4 aliphatic rings. The minimum absolute atomic E-state index is 1.19. The van der Waals surface area contributed by atoms with Crippen LogP contribution in [0.5, 0.6) is 0 Å². The van der Waals surface area contributed by atoms with Gasteiger partial charge in [0.05, 0.1) is 21.1 Å². The molecule has 0 N–H and O–H groups in total. The molecule has 0 spiro atoms. The van der Waals surface area contributed by atoms with Crippen molar-refractivity contribution in [3.8, 4) is 48.8 Å². The first-order valence-electron chi connectivity index (χ1n) is 54.8. The Morgan fingerprint density at radius 3 is 0.693 bits per heavy atom. The average Bonchev–Trinajstić information content (AvgIpc) is 1.57. The first-order chi connectivity index (χ1) is 60.8. The molecule has 0 saturated heterocycles. The number of anilines is 4. The van der Waals surface area contributed by atoms with Crippen LogP contribution in [0.1, 0.15) is 366 Å². The number of thiophene rings is 6. The van der Waals surface area contributed by atoms with Crippen molar-refractivity contribution < 1.29 is 0 Å². The van der Waals surface area contributed by atoms with Gasteiger partial charge in [0.2, 0.25) is 0 Å². The van der Waals surface area contributed by atoms with Gasteiger partial charge in [0.15, 0.2) is 0 Å². The summed E-state index contributed by atoms with van der Waals surface area (Å²) < 4.78 is 20.5. The Balaban J connectivity index is 1.24. The quantitative estimate of drug-likeness (QED) is 0.0279. The fraction of sp³-hybridized carbons (Fsp3) is 0.778. The zero-order chi connectivity index (χ0) is 91.7. The Labute approximate surface area is 823 Å². The summed E-state index contributed by atoms with van der Waals surface area (Å²) >= 11 is 11.1. The second kappa shape index (κ2) is 51.7. The summed E-state index contributed by atoms with van der Waals surface area (Å²) in [5, 5.41) is 2.55. The van der Waals surface area contributed by atoms with Crippen LogP contribution in [-0.2, 0) is 25.7 Å². The van der Waals surface area contributed by atoms with Crippen LogP contribution in [0.25, 0.3) is 48.8 Å². The van der Waals surface area contributed by atoms with Crippen LogP contribution in [0.4, 0.5) is 22.7 Å². The van der Waals surface area contributed by atoms with Gasteiger partial charge in [0.1, 0.15) is 32.9 Å². The molecule has 0 saturated carbocycles. The fourth-order valence-electron chi connectivity index (χ4n) is 24.5. The van der Waals surface area contributed by atoms with Crippen molar-refractivity contribution in [2.75, 3.05) is 16.9 Å². The second-order valence-electron chi connectivity index (χ2n) is 46.7. The third-order valence-corrected chi connectivity index (χ3v) is 97.5. The van der Waals surface area contributed by atoms with E-state index < -0.39 is 84.3 Å². The Kier molecular flexibility index (Phi) is 44.4. The van der Waals surface area contributed by atoms with E-state index in [-0.39, 0.29) is 0 Å². The number of rotatable bonds is 59. The second-order valence-corrected chi connectivity index (χ2v) is 105. The summed E-state index contributed by atoms with van der Waals surface area (Å²) in [4.78, 5) is 16.9. The van der Waals surface area contributed by atoms with E-state index in [1.807, 2.05) is 14.3 Å². The Morgan fingerprint density at radius 1 is 0.228 bits per heavy atom. The molecule has 4 aliphatic heterocycles. The summed E-state index contributed by atoms with van der Waals surface area (Å²) in [5.74, 6) is 0. The summed E-state index contributed by atoms with van der Waals surface area (Å²) in [5.41, 5.74) is 14.1. The molecule has 10 heterocycles. The van der Waals surface area contributed by atoms with E-state index in [9.17, 15) is 0 Å². The zero-order valence-electron chi connectivity index (χ0n) is 87.3. The van der Waals surface area contributed by atoms with E-state index in [1.54, 1.807) is 95.7 Å². The van der Waals surface area contributed by atoms with E-state index in [0.29, 0.717) is 0 Å². The molecule has 6 aromatic heterocycles. The smallest absolute Gasteiger partial charge is 0.421 e. The zero-order valence-corrected chi connectivity index (χ0v) is 103. The van der Waals surface area contributed by atoms with Gasteiger partial charge in [0.25, 0.3) is 0 Å². The molecule has 0 amide bonds. The number of hydrogen-bond donors (Lipinski definition) is 0. The van der Waals surface area contributed by atoms with Crippen molar-refractivity contribution in [2.45, 2.75) is 536 Å².